The second-order valence-electron chi connectivity index (χ2n) is 3.60. The van der Waals surface area contributed by atoms with Crippen molar-refractivity contribution in [2.75, 3.05) is 0 Å². The van der Waals surface area contributed by atoms with Crippen molar-refractivity contribution in [1.82, 2.24) is 10.2 Å². The maximum absolute atomic E-state index is 11.7. The van der Waals surface area contributed by atoms with Crippen LogP contribution in [-0.2, 0) is 0 Å². The first-order valence-corrected chi connectivity index (χ1v) is 5.53. The van der Waals surface area contributed by atoms with Crippen LogP contribution in [0.5, 0.6) is 0 Å². The summed E-state index contributed by atoms with van der Waals surface area (Å²) in [6.45, 7) is 1.80. The molecule has 0 saturated heterocycles. The van der Waals surface area contributed by atoms with Gasteiger partial charge < -0.3 is 4.42 Å². The number of benzene rings is 1. The van der Waals surface area contributed by atoms with Crippen molar-refractivity contribution < 1.29 is 4.42 Å². The number of nitrogens with zero attached hydrogens (tertiary/aromatic N) is 1. The van der Waals surface area contributed by atoms with Gasteiger partial charge >= 0.3 is 5.63 Å². The average molecular weight is 279 g/mol. The molecule has 0 aliphatic carbocycles. The minimum atomic E-state index is -0.355. The fourth-order valence-electron chi connectivity index (χ4n) is 1.80. The fraction of sp³-hybridized carbons (Fsp3) is 0.0909. The maximum atomic E-state index is 11.7. The largest absolute Gasteiger partial charge is 0.422 e. The molecule has 0 spiro atoms. The number of aryl methyl sites for hydroxylation is 1. The summed E-state index contributed by atoms with van der Waals surface area (Å²) in [5.41, 5.74) is 1.58. The van der Waals surface area contributed by atoms with E-state index in [1.165, 1.54) is 0 Å². The smallest absolute Gasteiger partial charge is 0.347 e. The van der Waals surface area contributed by atoms with Crippen molar-refractivity contribution in [3.05, 3.63) is 38.8 Å². The van der Waals surface area contributed by atoms with Crippen molar-refractivity contribution in [1.29, 1.82) is 0 Å². The molecular formula is C11H7BrN2O2. The molecule has 0 saturated carbocycles. The van der Waals surface area contributed by atoms with Crippen LogP contribution in [0, 0.1) is 6.92 Å². The van der Waals surface area contributed by atoms with Gasteiger partial charge in [0.15, 0.2) is 0 Å². The van der Waals surface area contributed by atoms with Crippen molar-refractivity contribution in [2.45, 2.75) is 6.92 Å². The summed E-state index contributed by atoms with van der Waals surface area (Å²) >= 11 is 3.34. The summed E-state index contributed by atoms with van der Waals surface area (Å²) in [5, 5.41) is 8.30. The number of halogens is 1. The Morgan fingerprint density at radius 1 is 1.44 bits per heavy atom. The van der Waals surface area contributed by atoms with Crippen LogP contribution in [0.25, 0.3) is 21.9 Å². The molecule has 0 unspecified atom stereocenters. The Balaban J connectivity index is 2.65. The molecule has 0 aliphatic rings. The molecule has 0 atom stereocenters. The highest BCUT2D eigenvalue weighted by atomic mass is 79.9. The van der Waals surface area contributed by atoms with Gasteiger partial charge in [0.05, 0.1) is 0 Å². The maximum Gasteiger partial charge on any atom is 0.347 e. The van der Waals surface area contributed by atoms with Gasteiger partial charge in [0.2, 0.25) is 0 Å². The van der Waals surface area contributed by atoms with E-state index in [4.69, 9.17) is 4.42 Å². The van der Waals surface area contributed by atoms with Crippen LogP contribution in [-0.4, -0.2) is 10.2 Å². The molecule has 2 aromatic heterocycles. The zero-order chi connectivity index (χ0) is 11.3. The molecule has 16 heavy (non-hydrogen) atoms. The molecule has 5 heteroatoms. The van der Waals surface area contributed by atoms with E-state index in [0.29, 0.717) is 16.5 Å². The van der Waals surface area contributed by atoms with Gasteiger partial charge in [-0.1, -0.05) is 15.9 Å². The zero-order valence-electron chi connectivity index (χ0n) is 8.37. The molecule has 3 rings (SSSR count). The number of hydrogen-bond donors (Lipinski definition) is 1. The summed E-state index contributed by atoms with van der Waals surface area (Å²) in [5.74, 6) is 0. The van der Waals surface area contributed by atoms with Crippen molar-refractivity contribution in [3.63, 3.8) is 0 Å². The quantitative estimate of drug-likeness (QED) is 0.644. The SMILES string of the molecule is Cc1[nH]nc2c1c(=O)oc1cc(Br)ccc12. The van der Waals surface area contributed by atoms with Crippen molar-refractivity contribution in [3.8, 4) is 0 Å². The Bertz CT molecular complexity index is 758. The molecule has 0 aliphatic heterocycles. The van der Waals surface area contributed by atoms with Crippen LogP contribution in [0.3, 0.4) is 0 Å². The molecule has 0 bridgehead atoms. The first-order chi connectivity index (χ1) is 7.66. The van der Waals surface area contributed by atoms with E-state index in [1.54, 1.807) is 13.0 Å². The molecule has 4 nitrogen and oxygen atoms in total. The lowest BCUT2D eigenvalue weighted by Crippen LogP contribution is -1.99. The number of hydrogen-bond acceptors (Lipinski definition) is 3. The standard InChI is InChI=1S/C11H7BrN2O2/c1-5-9-10(14-13-5)7-3-2-6(12)4-8(7)16-11(9)15/h2-4H,1H3,(H,13,14). The van der Waals surface area contributed by atoms with Gasteiger partial charge in [0.1, 0.15) is 16.5 Å². The third kappa shape index (κ3) is 1.21. The lowest BCUT2D eigenvalue weighted by molar-refractivity contribution is 0.569. The van der Waals surface area contributed by atoms with Crippen LogP contribution < -0.4 is 5.63 Å². The van der Waals surface area contributed by atoms with E-state index in [-0.39, 0.29) is 5.63 Å². The molecule has 1 aromatic carbocycles. The Morgan fingerprint density at radius 3 is 3.06 bits per heavy atom. The molecular weight excluding hydrogens is 272 g/mol. The van der Waals surface area contributed by atoms with E-state index in [0.717, 1.165) is 15.6 Å². The minimum absolute atomic E-state index is 0.355. The highest BCUT2D eigenvalue weighted by Gasteiger charge is 2.12. The Morgan fingerprint density at radius 2 is 2.25 bits per heavy atom. The van der Waals surface area contributed by atoms with Crippen LogP contribution in [0.4, 0.5) is 0 Å². The molecule has 80 valence electrons. The van der Waals surface area contributed by atoms with Crippen LogP contribution in [0.2, 0.25) is 0 Å². The summed E-state index contributed by atoms with van der Waals surface area (Å²) in [4.78, 5) is 11.7. The van der Waals surface area contributed by atoms with Crippen LogP contribution in [0.1, 0.15) is 5.69 Å². The number of nitrogens with one attached hydrogen (secondary N) is 1. The topological polar surface area (TPSA) is 58.9 Å². The predicted molar refractivity (Wildman–Crippen MR) is 64.6 cm³/mol. The summed E-state index contributed by atoms with van der Waals surface area (Å²) in [6.07, 6.45) is 0. The third-order valence-electron chi connectivity index (χ3n) is 2.55. The number of aromatic nitrogens is 2. The van der Waals surface area contributed by atoms with Gasteiger partial charge in [-0.25, -0.2) is 4.79 Å². The van der Waals surface area contributed by atoms with Gasteiger partial charge in [0, 0.05) is 15.6 Å². The van der Waals surface area contributed by atoms with Gasteiger partial charge in [0.25, 0.3) is 0 Å². The van der Waals surface area contributed by atoms with E-state index in [9.17, 15) is 4.79 Å². The van der Waals surface area contributed by atoms with E-state index < -0.39 is 0 Å². The number of rotatable bonds is 0. The van der Waals surface area contributed by atoms with Gasteiger partial charge in [-0.05, 0) is 25.1 Å². The van der Waals surface area contributed by atoms with Gasteiger partial charge in [-0.2, -0.15) is 5.10 Å². The molecule has 0 radical (unpaired) electrons. The normalized spacial score (nSPS) is 11.4. The molecule has 0 amide bonds. The highest BCUT2D eigenvalue weighted by molar-refractivity contribution is 9.10. The second kappa shape index (κ2) is 3.18. The first kappa shape index (κ1) is 9.59. The van der Waals surface area contributed by atoms with Gasteiger partial charge in [-0.15, -0.1) is 0 Å². The molecule has 1 N–H and O–H groups in total. The van der Waals surface area contributed by atoms with Crippen molar-refractivity contribution in [2.24, 2.45) is 0 Å². The second-order valence-corrected chi connectivity index (χ2v) is 4.52. The van der Waals surface area contributed by atoms with Crippen LogP contribution >= 0.6 is 15.9 Å². The zero-order valence-corrected chi connectivity index (χ0v) is 9.96. The molecule has 3 aromatic rings. The third-order valence-corrected chi connectivity index (χ3v) is 3.05. The van der Waals surface area contributed by atoms with E-state index >= 15 is 0 Å². The van der Waals surface area contributed by atoms with E-state index in [1.807, 2.05) is 12.1 Å². The fourth-order valence-corrected chi connectivity index (χ4v) is 2.14. The monoisotopic (exact) mass is 278 g/mol. The predicted octanol–water partition coefficient (Wildman–Crippen LogP) is 2.74. The Hall–Kier alpha value is -1.62. The first-order valence-electron chi connectivity index (χ1n) is 4.74. The molecule has 2 heterocycles. The summed E-state index contributed by atoms with van der Waals surface area (Å²) < 4.78 is 6.12. The molecule has 0 fully saturated rings. The summed E-state index contributed by atoms with van der Waals surface area (Å²) in [6, 6.07) is 5.54. The Labute approximate surface area is 98.4 Å². The van der Waals surface area contributed by atoms with Crippen LogP contribution in [0.15, 0.2) is 31.9 Å². The number of H-pyrrole nitrogens is 1. The lowest BCUT2D eigenvalue weighted by atomic mass is 10.2. The van der Waals surface area contributed by atoms with E-state index in [2.05, 4.69) is 26.1 Å². The highest BCUT2D eigenvalue weighted by Crippen LogP contribution is 2.25. The number of fused-ring (bicyclic) bond motifs is 3. The van der Waals surface area contributed by atoms with Crippen molar-refractivity contribution >= 4 is 37.8 Å². The Kier molecular flexibility index (Phi) is 1.91. The lowest BCUT2D eigenvalue weighted by Gasteiger charge is -1.97. The summed E-state index contributed by atoms with van der Waals surface area (Å²) in [7, 11) is 0. The number of aromatic amines is 1. The average Bonchev–Trinajstić information content (AvgIpc) is 2.61. The minimum Gasteiger partial charge on any atom is -0.422 e. The van der Waals surface area contributed by atoms with Gasteiger partial charge in [-0.3, -0.25) is 5.10 Å².